The molecular weight excluding hydrogens is 440 g/mol. The molecular formula is C22H39F6NO3. The van der Waals surface area contributed by atoms with E-state index in [0.29, 0.717) is 0 Å². The molecule has 0 aromatic rings. The van der Waals surface area contributed by atoms with Crippen LogP contribution >= 0.6 is 0 Å². The van der Waals surface area contributed by atoms with Crippen LogP contribution < -0.4 is 0 Å². The van der Waals surface area contributed by atoms with Gasteiger partial charge in [0.15, 0.2) is 5.41 Å². The average Bonchev–Trinajstić information content (AvgIpc) is 2.56. The molecule has 0 saturated heterocycles. The van der Waals surface area contributed by atoms with Crippen molar-refractivity contribution in [1.29, 1.82) is 0 Å². The van der Waals surface area contributed by atoms with Crippen LogP contribution in [0.4, 0.5) is 26.3 Å². The molecule has 0 bridgehead atoms. The third kappa shape index (κ3) is 8.14. The molecule has 4 nitrogen and oxygen atoms in total. The summed E-state index contributed by atoms with van der Waals surface area (Å²) in [6, 6.07) is -0.480. The molecule has 32 heavy (non-hydrogen) atoms. The van der Waals surface area contributed by atoms with Crippen molar-refractivity contribution < 1.29 is 40.7 Å². The number of nitrogens with zero attached hydrogens (tertiary/aromatic N) is 1. The van der Waals surface area contributed by atoms with Crippen molar-refractivity contribution >= 4 is 11.9 Å². The molecule has 0 aliphatic carbocycles. The first-order valence-corrected chi connectivity index (χ1v) is 10.6. The van der Waals surface area contributed by atoms with Crippen molar-refractivity contribution in [2.45, 2.75) is 119 Å². The maximum Gasteiger partial charge on any atom is 0.404 e. The third-order valence-corrected chi connectivity index (χ3v) is 5.33. The predicted octanol–water partition coefficient (Wildman–Crippen LogP) is 6.92. The topological polar surface area (TPSA) is 46.6 Å². The Hall–Kier alpha value is -1.48. The number of halogens is 6. The normalized spacial score (nSPS) is 16.6. The lowest BCUT2D eigenvalue weighted by Crippen LogP contribution is -2.54. The van der Waals surface area contributed by atoms with Crippen LogP contribution in [0.1, 0.15) is 89.0 Å². The van der Waals surface area contributed by atoms with Crippen LogP contribution in [-0.2, 0) is 14.3 Å². The first-order valence-electron chi connectivity index (χ1n) is 10.6. The van der Waals surface area contributed by atoms with Crippen LogP contribution in [-0.4, -0.2) is 46.8 Å². The number of alkyl halides is 6. The summed E-state index contributed by atoms with van der Waals surface area (Å²) < 4.78 is 81.6. The van der Waals surface area contributed by atoms with E-state index in [-0.39, 0.29) is 24.9 Å². The lowest BCUT2D eigenvalue weighted by molar-refractivity contribution is -0.236. The number of esters is 1. The van der Waals surface area contributed by atoms with Crippen molar-refractivity contribution in [2.75, 3.05) is 0 Å². The highest BCUT2D eigenvalue weighted by Crippen LogP contribution is 2.43. The van der Waals surface area contributed by atoms with Gasteiger partial charge in [-0.25, -0.2) is 0 Å². The van der Waals surface area contributed by atoms with Gasteiger partial charge in [0.05, 0.1) is 0 Å². The van der Waals surface area contributed by atoms with Gasteiger partial charge in [0.2, 0.25) is 5.91 Å². The summed E-state index contributed by atoms with van der Waals surface area (Å²) in [5.74, 6) is -2.05. The van der Waals surface area contributed by atoms with E-state index in [0.717, 1.165) is 13.8 Å². The number of carbonyl (C=O) groups is 2. The summed E-state index contributed by atoms with van der Waals surface area (Å²) in [6.45, 7) is 16.1. The summed E-state index contributed by atoms with van der Waals surface area (Å²) >= 11 is 0. The minimum Gasteiger partial charge on any atom is -0.459 e. The van der Waals surface area contributed by atoms with Crippen molar-refractivity contribution in [2.24, 2.45) is 10.8 Å². The van der Waals surface area contributed by atoms with E-state index in [2.05, 4.69) is 0 Å². The molecule has 0 fully saturated rings. The van der Waals surface area contributed by atoms with Gasteiger partial charge < -0.3 is 9.64 Å². The van der Waals surface area contributed by atoms with Crippen molar-refractivity contribution in [1.82, 2.24) is 4.90 Å². The van der Waals surface area contributed by atoms with Crippen molar-refractivity contribution in [3.63, 3.8) is 0 Å². The van der Waals surface area contributed by atoms with Gasteiger partial charge in [-0.15, -0.1) is 0 Å². The standard InChI is InChI=1S/C12H22F3NO.C10H17F3O2/c1-7-11(6,12(13,14)15)10(17)16(8(2)3)9(4)5;1-6-9(5,10(11,12)13)7(14)15-8(2,3)4/h8-9H,7H2,1-6H3;6H2,1-5H3. The van der Waals surface area contributed by atoms with Crippen LogP contribution in [0.15, 0.2) is 0 Å². The number of carbonyl (C=O) groups excluding carboxylic acids is 2. The van der Waals surface area contributed by atoms with Gasteiger partial charge in [0, 0.05) is 12.1 Å². The zero-order valence-corrected chi connectivity index (χ0v) is 21.0. The molecule has 0 aromatic carbocycles. The molecule has 0 spiro atoms. The van der Waals surface area contributed by atoms with Gasteiger partial charge in [0.25, 0.3) is 0 Å². The van der Waals surface area contributed by atoms with Gasteiger partial charge in [-0.3, -0.25) is 9.59 Å². The Morgan fingerprint density at radius 1 is 0.719 bits per heavy atom. The first-order chi connectivity index (χ1) is 13.9. The molecule has 0 heterocycles. The molecule has 0 saturated carbocycles. The predicted molar refractivity (Wildman–Crippen MR) is 112 cm³/mol. The van der Waals surface area contributed by atoms with Crippen LogP contribution in [0, 0.1) is 10.8 Å². The Bertz CT molecular complexity index is 615. The van der Waals surface area contributed by atoms with Crippen LogP contribution in [0.25, 0.3) is 0 Å². The quantitative estimate of drug-likeness (QED) is 0.307. The molecule has 10 heteroatoms. The Labute approximate surface area is 188 Å². The van der Waals surface area contributed by atoms with Gasteiger partial charge in [-0.05, 0) is 75.2 Å². The highest BCUT2D eigenvalue weighted by Gasteiger charge is 2.58. The summed E-state index contributed by atoms with van der Waals surface area (Å²) in [5.41, 5.74) is -5.61. The molecule has 2 atom stereocenters. The summed E-state index contributed by atoms with van der Waals surface area (Å²) in [7, 11) is 0. The second-order valence-electron chi connectivity index (χ2n) is 9.77. The largest absolute Gasteiger partial charge is 0.459 e. The van der Waals surface area contributed by atoms with E-state index in [1.165, 1.54) is 39.5 Å². The highest BCUT2D eigenvalue weighted by molar-refractivity contribution is 5.83. The Morgan fingerprint density at radius 2 is 1.03 bits per heavy atom. The fourth-order valence-corrected chi connectivity index (χ4v) is 2.67. The average molecular weight is 480 g/mol. The fourth-order valence-electron chi connectivity index (χ4n) is 2.67. The smallest absolute Gasteiger partial charge is 0.404 e. The van der Waals surface area contributed by atoms with E-state index < -0.39 is 40.7 Å². The molecule has 0 aromatic heterocycles. The summed E-state index contributed by atoms with van der Waals surface area (Å²) in [5, 5.41) is 0. The van der Waals surface area contributed by atoms with Gasteiger partial charge >= 0.3 is 18.3 Å². The van der Waals surface area contributed by atoms with Crippen LogP contribution in [0.2, 0.25) is 0 Å². The second kappa shape index (κ2) is 11.1. The van der Waals surface area contributed by atoms with Crippen LogP contribution in [0.5, 0.6) is 0 Å². The van der Waals surface area contributed by atoms with Gasteiger partial charge in [-0.2, -0.15) is 26.3 Å². The minimum absolute atomic E-state index is 0.240. The van der Waals surface area contributed by atoms with Gasteiger partial charge in [-0.1, -0.05) is 13.8 Å². The number of hydrogen-bond donors (Lipinski definition) is 0. The molecule has 0 radical (unpaired) electrons. The maximum absolute atomic E-state index is 13.0. The Balaban J connectivity index is 0. The van der Waals surface area contributed by atoms with Crippen LogP contribution in [0.3, 0.4) is 0 Å². The Morgan fingerprint density at radius 3 is 1.22 bits per heavy atom. The molecule has 0 aliphatic heterocycles. The molecule has 2 unspecified atom stereocenters. The van der Waals surface area contributed by atoms with Gasteiger partial charge in [0.1, 0.15) is 11.0 Å². The zero-order chi connectivity index (χ0) is 26.5. The summed E-state index contributed by atoms with van der Waals surface area (Å²) in [6.07, 6.45) is -9.67. The lowest BCUT2D eigenvalue weighted by atomic mass is 9.84. The van der Waals surface area contributed by atoms with Crippen molar-refractivity contribution in [3.8, 4) is 0 Å². The number of hydrogen-bond acceptors (Lipinski definition) is 3. The number of ether oxygens (including phenoxy) is 1. The third-order valence-electron chi connectivity index (χ3n) is 5.33. The molecule has 192 valence electrons. The molecule has 1 amide bonds. The Kier molecular flexibility index (Phi) is 11.3. The first kappa shape index (κ1) is 32.7. The van der Waals surface area contributed by atoms with E-state index in [1.54, 1.807) is 27.7 Å². The monoisotopic (exact) mass is 479 g/mol. The second-order valence-corrected chi connectivity index (χ2v) is 9.77. The van der Waals surface area contributed by atoms with E-state index in [4.69, 9.17) is 4.74 Å². The number of amides is 1. The molecule has 0 aliphatic rings. The maximum atomic E-state index is 13.0. The highest BCUT2D eigenvalue weighted by atomic mass is 19.4. The SMILES string of the molecule is CCC(C)(C(=O)N(C(C)C)C(C)C)C(F)(F)F.CCC(C)(C(=O)OC(C)(C)C)C(F)(F)F. The fraction of sp³-hybridized carbons (Fsp3) is 0.909. The van der Waals surface area contributed by atoms with E-state index >= 15 is 0 Å². The summed E-state index contributed by atoms with van der Waals surface area (Å²) in [4.78, 5) is 24.9. The number of rotatable bonds is 6. The zero-order valence-electron chi connectivity index (χ0n) is 21.0. The lowest BCUT2D eigenvalue weighted by Gasteiger charge is -2.39. The molecule has 0 N–H and O–H groups in total. The van der Waals surface area contributed by atoms with E-state index in [1.807, 2.05) is 0 Å². The minimum atomic E-state index is -4.58. The van der Waals surface area contributed by atoms with E-state index in [9.17, 15) is 35.9 Å². The van der Waals surface area contributed by atoms with Crippen molar-refractivity contribution in [3.05, 3.63) is 0 Å². The molecule has 0 rings (SSSR count).